The fraction of sp³-hybridized carbons (Fsp3) is 0.462. The molecule has 19 heavy (non-hydrogen) atoms. The first-order chi connectivity index (χ1) is 9.00. The third kappa shape index (κ3) is 5.37. The molecule has 0 aliphatic rings. The van der Waals surface area contributed by atoms with Gasteiger partial charge >= 0.3 is 11.7 Å². The molecule has 0 aliphatic carbocycles. The molecule has 0 aromatic heterocycles. The zero-order valence-corrected chi connectivity index (χ0v) is 10.7. The lowest BCUT2D eigenvalue weighted by atomic mass is 10.1. The number of rotatable bonds is 8. The largest absolute Gasteiger partial charge is 0.487 e. The summed E-state index contributed by atoms with van der Waals surface area (Å²) < 4.78 is 5.43. The lowest BCUT2D eigenvalue weighted by Gasteiger charge is -2.12. The van der Waals surface area contributed by atoms with E-state index in [0.29, 0.717) is 19.4 Å². The highest BCUT2D eigenvalue weighted by Crippen LogP contribution is 2.26. The second kappa shape index (κ2) is 7.35. The lowest BCUT2D eigenvalue weighted by molar-refractivity contribution is -0.385. The summed E-state index contributed by atoms with van der Waals surface area (Å²) in [6.45, 7) is 2.26. The molecule has 1 rings (SSSR count). The van der Waals surface area contributed by atoms with Gasteiger partial charge in [-0.2, -0.15) is 0 Å². The van der Waals surface area contributed by atoms with Crippen LogP contribution in [0.2, 0.25) is 0 Å². The van der Waals surface area contributed by atoms with Crippen molar-refractivity contribution in [3.8, 4) is 5.75 Å². The van der Waals surface area contributed by atoms with E-state index in [1.54, 1.807) is 18.2 Å². The Balaban J connectivity index is 2.44. The van der Waals surface area contributed by atoms with Crippen LogP contribution in [0.1, 0.15) is 26.2 Å². The van der Waals surface area contributed by atoms with E-state index in [9.17, 15) is 14.9 Å². The van der Waals surface area contributed by atoms with Crippen LogP contribution in [-0.2, 0) is 4.79 Å². The fourth-order valence-corrected chi connectivity index (χ4v) is 1.65. The maximum absolute atomic E-state index is 10.8. The average molecular weight is 267 g/mol. The minimum Gasteiger partial charge on any atom is -0.487 e. The molecular weight excluding hydrogens is 250 g/mol. The number of hydrogen-bond acceptors (Lipinski definition) is 4. The van der Waals surface area contributed by atoms with Crippen LogP contribution in [0.4, 0.5) is 5.69 Å². The standard InChI is InChI=1S/C13H17NO5/c1-10(5-4-8-13(15)16)9-19-12-7-3-2-6-11(12)14(17)18/h2-3,6-7,10H,4-5,8-9H2,1H3,(H,15,16). The van der Waals surface area contributed by atoms with Gasteiger partial charge in [0.15, 0.2) is 5.75 Å². The zero-order valence-electron chi connectivity index (χ0n) is 10.7. The second-order valence-electron chi connectivity index (χ2n) is 4.43. The second-order valence-corrected chi connectivity index (χ2v) is 4.43. The van der Waals surface area contributed by atoms with E-state index < -0.39 is 10.9 Å². The number of nitro benzene ring substituents is 1. The first-order valence-electron chi connectivity index (χ1n) is 6.08. The Kier molecular flexibility index (Phi) is 5.78. The number of ether oxygens (including phenoxy) is 1. The van der Waals surface area contributed by atoms with Gasteiger partial charge in [0.25, 0.3) is 0 Å². The van der Waals surface area contributed by atoms with Crippen LogP contribution in [0, 0.1) is 16.0 Å². The summed E-state index contributed by atoms with van der Waals surface area (Å²) in [4.78, 5) is 20.7. The molecule has 1 aromatic rings. The van der Waals surface area contributed by atoms with Crippen LogP contribution >= 0.6 is 0 Å². The Bertz CT molecular complexity index is 446. The highest BCUT2D eigenvalue weighted by molar-refractivity contribution is 5.66. The van der Waals surface area contributed by atoms with Gasteiger partial charge in [-0.05, 0) is 24.8 Å². The van der Waals surface area contributed by atoms with Crippen molar-refractivity contribution in [1.82, 2.24) is 0 Å². The number of benzene rings is 1. The predicted molar refractivity (Wildman–Crippen MR) is 69.2 cm³/mol. The van der Waals surface area contributed by atoms with Gasteiger partial charge in [0.1, 0.15) is 0 Å². The summed E-state index contributed by atoms with van der Waals surface area (Å²) in [6.07, 6.45) is 1.43. The summed E-state index contributed by atoms with van der Waals surface area (Å²) in [6, 6.07) is 6.21. The van der Waals surface area contributed by atoms with Gasteiger partial charge < -0.3 is 9.84 Å². The van der Waals surface area contributed by atoms with Gasteiger partial charge in [-0.1, -0.05) is 19.1 Å². The van der Waals surface area contributed by atoms with Crippen LogP contribution in [0.25, 0.3) is 0 Å². The van der Waals surface area contributed by atoms with Crippen molar-refractivity contribution in [2.45, 2.75) is 26.2 Å². The molecule has 1 N–H and O–H groups in total. The highest BCUT2D eigenvalue weighted by atomic mass is 16.6. The van der Waals surface area contributed by atoms with Crippen molar-refractivity contribution in [2.24, 2.45) is 5.92 Å². The Hall–Kier alpha value is -2.11. The van der Waals surface area contributed by atoms with Crippen LogP contribution in [0.3, 0.4) is 0 Å². The molecule has 0 saturated carbocycles. The number of nitrogens with zero attached hydrogens (tertiary/aromatic N) is 1. The number of carbonyl (C=O) groups is 1. The molecule has 6 heteroatoms. The number of aliphatic carboxylic acids is 1. The first-order valence-corrected chi connectivity index (χ1v) is 6.08. The number of carboxylic acids is 1. The monoisotopic (exact) mass is 267 g/mol. The fourth-order valence-electron chi connectivity index (χ4n) is 1.65. The van der Waals surface area contributed by atoms with Gasteiger partial charge in [-0.25, -0.2) is 0 Å². The van der Waals surface area contributed by atoms with E-state index in [2.05, 4.69) is 0 Å². The number of para-hydroxylation sites is 2. The molecule has 1 unspecified atom stereocenters. The van der Waals surface area contributed by atoms with Gasteiger partial charge in [0.2, 0.25) is 0 Å². The molecule has 0 fully saturated rings. The summed E-state index contributed by atoms with van der Waals surface area (Å²) in [5.74, 6) is -0.413. The van der Waals surface area contributed by atoms with Crippen LogP contribution in [0.5, 0.6) is 5.75 Å². The normalized spacial score (nSPS) is 11.8. The molecule has 0 bridgehead atoms. The maximum Gasteiger partial charge on any atom is 0.310 e. The van der Waals surface area contributed by atoms with E-state index in [1.165, 1.54) is 6.07 Å². The Labute approximate surface area is 111 Å². The van der Waals surface area contributed by atoms with Gasteiger partial charge in [-0.3, -0.25) is 14.9 Å². The number of carboxylic acid groups (broad SMARTS) is 1. The Morgan fingerprint density at radius 1 is 1.47 bits per heavy atom. The minimum absolute atomic E-state index is 0.0553. The molecule has 0 amide bonds. The topological polar surface area (TPSA) is 89.7 Å². The molecule has 6 nitrogen and oxygen atoms in total. The van der Waals surface area contributed by atoms with Crippen molar-refractivity contribution < 1.29 is 19.6 Å². The van der Waals surface area contributed by atoms with E-state index in [0.717, 1.165) is 0 Å². The molecule has 0 spiro atoms. The minimum atomic E-state index is -0.813. The average Bonchev–Trinajstić information content (AvgIpc) is 2.36. The van der Waals surface area contributed by atoms with Crippen LogP contribution in [-0.4, -0.2) is 22.6 Å². The first kappa shape index (κ1) is 14.9. The quantitative estimate of drug-likeness (QED) is 0.577. The highest BCUT2D eigenvalue weighted by Gasteiger charge is 2.14. The number of nitro groups is 1. The Morgan fingerprint density at radius 3 is 2.79 bits per heavy atom. The van der Waals surface area contributed by atoms with Crippen molar-refractivity contribution >= 4 is 11.7 Å². The van der Waals surface area contributed by atoms with E-state index >= 15 is 0 Å². The van der Waals surface area contributed by atoms with Gasteiger partial charge in [0, 0.05) is 12.5 Å². The summed E-state index contributed by atoms with van der Waals surface area (Å²) in [7, 11) is 0. The third-order valence-corrected chi connectivity index (χ3v) is 2.67. The molecule has 1 atom stereocenters. The van der Waals surface area contributed by atoms with Crippen LogP contribution in [0.15, 0.2) is 24.3 Å². The molecule has 1 aromatic carbocycles. The van der Waals surface area contributed by atoms with E-state index in [1.807, 2.05) is 6.92 Å². The van der Waals surface area contributed by atoms with Crippen molar-refractivity contribution in [2.75, 3.05) is 6.61 Å². The smallest absolute Gasteiger partial charge is 0.310 e. The predicted octanol–water partition coefficient (Wildman–Crippen LogP) is 2.86. The van der Waals surface area contributed by atoms with Crippen molar-refractivity contribution in [1.29, 1.82) is 0 Å². The van der Waals surface area contributed by atoms with Gasteiger partial charge in [0.05, 0.1) is 11.5 Å². The molecule has 0 radical (unpaired) electrons. The Morgan fingerprint density at radius 2 is 2.16 bits per heavy atom. The summed E-state index contributed by atoms with van der Waals surface area (Å²) in [5.41, 5.74) is -0.0553. The molecule has 0 heterocycles. The van der Waals surface area contributed by atoms with Crippen molar-refractivity contribution in [3.63, 3.8) is 0 Å². The number of hydrogen-bond donors (Lipinski definition) is 1. The van der Waals surface area contributed by atoms with Crippen LogP contribution < -0.4 is 4.74 Å². The molecule has 0 aliphatic heterocycles. The SMILES string of the molecule is CC(CCCC(=O)O)COc1ccccc1[N+](=O)[O-]. The lowest BCUT2D eigenvalue weighted by Crippen LogP contribution is -2.10. The van der Waals surface area contributed by atoms with E-state index in [-0.39, 0.29) is 23.8 Å². The maximum atomic E-state index is 10.8. The van der Waals surface area contributed by atoms with Gasteiger partial charge in [-0.15, -0.1) is 0 Å². The molecule has 104 valence electrons. The molecular formula is C13H17NO5. The van der Waals surface area contributed by atoms with E-state index in [4.69, 9.17) is 9.84 Å². The summed E-state index contributed by atoms with van der Waals surface area (Å²) >= 11 is 0. The van der Waals surface area contributed by atoms with Crippen molar-refractivity contribution in [3.05, 3.63) is 34.4 Å². The molecule has 0 saturated heterocycles. The third-order valence-electron chi connectivity index (χ3n) is 2.67. The zero-order chi connectivity index (χ0) is 14.3. The summed E-state index contributed by atoms with van der Waals surface area (Å²) in [5, 5.41) is 19.3.